The van der Waals surface area contributed by atoms with Crippen LogP contribution in [-0.2, 0) is 18.3 Å². The highest BCUT2D eigenvalue weighted by Gasteiger charge is 2.17. The second-order valence-electron chi connectivity index (χ2n) is 9.78. The average molecular weight is 618 g/mol. The number of halogens is 2. The molecule has 0 aliphatic carbocycles. The van der Waals surface area contributed by atoms with Crippen molar-refractivity contribution in [2.75, 3.05) is 38.2 Å². The van der Waals surface area contributed by atoms with E-state index in [2.05, 4.69) is 36.3 Å². The predicted octanol–water partition coefficient (Wildman–Crippen LogP) is 4.63. The third kappa shape index (κ3) is 6.16. The highest BCUT2D eigenvalue weighted by atomic mass is 35.5. The molecule has 0 spiro atoms. The molecule has 4 aromatic heterocycles. The van der Waals surface area contributed by atoms with Crippen LogP contribution in [0.2, 0.25) is 10.0 Å². The van der Waals surface area contributed by atoms with Gasteiger partial charge in [-0.2, -0.15) is 10.2 Å². The maximum Gasteiger partial charge on any atom is 0.259 e. The molecule has 1 N–H and O–H groups in total. The first-order valence-corrected chi connectivity index (χ1v) is 14.1. The van der Waals surface area contributed by atoms with Crippen LogP contribution in [0.4, 0.5) is 11.6 Å². The molecule has 12 nitrogen and oxygen atoms in total. The topological polar surface area (TPSA) is 136 Å². The van der Waals surface area contributed by atoms with Crippen LogP contribution in [0.3, 0.4) is 0 Å². The van der Waals surface area contributed by atoms with Crippen molar-refractivity contribution in [3.05, 3.63) is 81.0 Å². The summed E-state index contributed by atoms with van der Waals surface area (Å²) in [7, 11) is 1.61. The monoisotopic (exact) mass is 617 g/mol. The van der Waals surface area contributed by atoms with Gasteiger partial charge in [0.05, 0.1) is 47.3 Å². The number of nitrogens with one attached hydrogen (secondary N) is 1. The lowest BCUT2D eigenvalue weighted by atomic mass is 10.1. The molecule has 1 aliphatic rings. The van der Waals surface area contributed by atoms with E-state index in [0.717, 1.165) is 32.8 Å². The predicted molar refractivity (Wildman–Crippen MR) is 162 cm³/mol. The number of morpholine rings is 1. The lowest BCUT2D eigenvalue weighted by Crippen LogP contribution is -2.38. The lowest BCUT2D eigenvalue weighted by molar-refractivity contribution is 0.0359. The van der Waals surface area contributed by atoms with E-state index in [1.165, 1.54) is 10.8 Å². The third-order valence-corrected chi connectivity index (χ3v) is 7.60. The van der Waals surface area contributed by atoms with Crippen molar-refractivity contribution < 1.29 is 9.47 Å². The van der Waals surface area contributed by atoms with Crippen LogP contribution in [0.1, 0.15) is 5.56 Å². The van der Waals surface area contributed by atoms with Crippen molar-refractivity contribution in [1.82, 2.24) is 34.2 Å². The van der Waals surface area contributed by atoms with Gasteiger partial charge in [-0.25, -0.2) is 9.97 Å². The number of fused-ring (bicyclic) bond motifs is 1. The Morgan fingerprint density at radius 2 is 1.88 bits per heavy atom. The summed E-state index contributed by atoms with van der Waals surface area (Å²) in [4.78, 5) is 28.8. The number of rotatable bonds is 8. The summed E-state index contributed by atoms with van der Waals surface area (Å²) >= 11 is 12.7. The molecule has 0 radical (unpaired) electrons. The molecular formula is C29H25Cl2N9O3. The number of aryl methyl sites for hydroxylation is 1. The first-order chi connectivity index (χ1) is 20.9. The van der Waals surface area contributed by atoms with Gasteiger partial charge in [-0.15, -0.1) is 5.10 Å². The Balaban J connectivity index is 1.18. The van der Waals surface area contributed by atoms with Crippen molar-refractivity contribution in [2.24, 2.45) is 7.05 Å². The van der Waals surface area contributed by atoms with E-state index in [-0.39, 0.29) is 23.0 Å². The fourth-order valence-electron chi connectivity index (χ4n) is 4.74. The fourth-order valence-corrected chi connectivity index (χ4v) is 5.34. The largest absolute Gasteiger partial charge is 0.418 e. The van der Waals surface area contributed by atoms with Crippen LogP contribution in [-0.4, -0.2) is 67.0 Å². The minimum Gasteiger partial charge on any atom is -0.418 e. The number of benzene rings is 1. The number of pyridine rings is 2. The summed E-state index contributed by atoms with van der Waals surface area (Å²) in [6.45, 7) is 4.86. The molecule has 0 bridgehead atoms. The Bertz CT molecular complexity index is 1890. The smallest absolute Gasteiger partial charge is 0.259 e. The molecule has 6 rings (SSSR count). The van der Waals surface area contributed by atoms with Gasteiger partial charge < -0.3 is 14.8 Å². The highest BCUT2D eigenvalue weighted by molar-refractivity contribution is 6.39. The van der Waals surface area contributed by atoms with Crippen molar-refractivity contribution >= 4 is 45.9 Å². The quantitative estimate of drug-likeness (QED) is 0.262. The van der Waals surface area contributed by atoms with Crippen LogP contribution in [0.5, 0.6) is 11.8 Å². The van der Waals surface area contributed by atoms with Gasteiger partial charge in [-0.3, -0.25) is 18.9 Å². The second-order valence-corrected chi connectivity index (χ2v) is 10.6. The van der Waals surface area contributed by atoms with E-state index >= 15 is 0 Å². The summed E-state index contributed by atoms with van der Waals surface area (Å²) < 4.78 is 14.4. The Morgan fingerprint density at radius 1 is 1.09 bits per heavy atom. The normalized spacial score (nSPS) is 13.6. The van der Waals surface area contributed by atoms with Gasteiger partial charge in [-0.1, -0.05) is 29.3 Å². The molecule has 0 amide bonds. The summed E-state index contributed by atoms with van der Waals surface area (Å²) in [6.07, 6.45) is 4.92. The Morgan fingerprint density at radius 3 is 2.65 bits per heavy atom. The van der Waals surface area contributed by atoms with Crippen molar-refractivity contribution in [1.29, 1.82) is 5.26 Å². The van der Waals surface area contributed by atoms with Crippen molar-refractivity contribution in [3.8, 4) is 29.0 Å². The maximum absolute atomic E-state index is 13.2. The van der Waals surface area contributed by atoms with E-state index in [9.17, 15) is 10.1 Å². The van der Waals surface area contributed by atoms with Crippen molar-refractivity contribution in [2.45, 2.75) is 6.54 Å². The summed E-state index contributed by atoms with van der Waals surface area (Å²) in [5.41, 5.74) is 1.53. The maximum atomic E-state index is 13.2. The average Bonchev–Trinajstić information content (AvgIpc) is 3.47. The van der Waals surface area contributed by atoms with E-state index in [4.69, 9.17) is 32.7 Å². The molecule has 5 heterocycles. The Kier molecular flexibility index (Phi) is 8.22. The first-order valence-electron chi connectivity index (χ1n) is 13.4. The van der Waals surface area contributed by atoms with E-state index < -0.39 is 0 Å². The minimum absolute atomic E-state index is 0.124. The molecule has 0 saturated carbocycles. The van der Waals surface area contributed by atoms with E-state index in [0.29, 0.717) is 50.3 Å². The zero-order valence-corrected chi connectivity index (χ0v) is 24.5. The van der Waals surface area contributed by atoms with Crippen LogP contribution in [0, 0.1) is 11.3 Å². The Hall–Kier alpha value is -4.54. The number of aromatic nitrogens is 6. The van der Waals surface area contributed by atoms with Gasteiger partial charge >= 0.3 is 0 Å². The fraction of sp³-hybridized carbons (Fsp3) is 0.241. The molecular weight excluding hydrogens is 593 g/mol. The lowest BCUT2D eigenvalue weighted by Gasteiger charge is -2.26. The number of nitriles is 1. The molecule has 0 unspecified atom stereocenters. The number of hydrogen-bond acceptors (Lipinski definition) is 10. The Labute approximate surface area is 256 Å². The van der Waals surface area contributed by atoms with Gasteiger partial charge in [0.1, 0.15) is 17.3 Å². The molecule has 1 aromatic carbocycles. The molecule has 5 aromatic rings. The van der Waals surface area contributed by atoms with Crippen LogP contribution in [0.25, 0.3) is 22.2 Å². The molecule has 218 valence electrons. The summed E-state index contributed by atoms with van der Waals surface area (Å²) in [6, 6.07) is 12.1. The van der Waals surface area contributed by atoms with Crippen LogP contribution < -0.4 is 15.6 Å². The zero-order valence-electron chi connectivity index (χ0n) is 23.0. The molecule has 1 aliphatic heterocycles. The zero-order chi connectivity index (χ0) is 29.9. The van der Waals surface area contributed by atoms with Gasteiger partial charge in [0.2, 0.25) is 17.7 Å². The third-order valence-electron chi connectivity index (χ3n) is 6.97. The van der Waals surface area contributed by atoms with Gasteiger partial charge in [0, 0.05) is 56.1 Å². The van der Waals surface area contributed by atoms with Gasteiger partial charge in [-0.05, 0) is 24.3 Å². The molecule has 14 heteroatoms. The van der Waals surface area contributed by atoms with Gasteiger partial charge in [0.25, 0.3) is 5.56 Å². The van der Waals surface area contributed by atoms with Gasteiger partial charge in [0.15, 0.2) is 0 Å². The summed E-state index contributed by atoms with van der Waals surface area (Å²) in [5.74, 6) is 0.673. The number of nitrogens with zero attached hydrogens (tertiary/aromatic N) is 8. The first kappa shape index (κ1) is 28.6. The van der Waals surface area contributed by atoms with Crippen molar-refractivity contribution in [3.63, 3.8) is 0 Å². The van der Waals surface area contributed by atoms with Crippen LogP contribution >= 0.6 is 23.2 Å². The van der Waals surface area contributed by atoms with E-state index in [1.807, 2.05) is 6.20 Å². The minimum atomic E-state index is -0.314. The molecule has 43 heavy (non-hydrogen) atoms. The number of hydrogen-bond donors (Lipinski definition) is 1. The SMILES string of the molecule is Cn1c(=O)c(-c2c(Cl)cccc2Cl)cc2cnc(Nc3cnc(Oc4ccn(CCN5CCOCC5)n4)c(C#N)c3)nc21. The van der Waals surface area contributed by atoms with E-state index in [1.54, 1.807) is 54.3 Å². The molecule has 1 saturated heterocycles. The van der Waals surface area contributed by atoms with Crippen LogP contribution in [0.15, 0.2) is 59.8 Å². The molecule has 1 fully saturated rings. The summed E-state index contributed by atoms with van der Waals surface area (Å²) in [5, 5.41) is 18.6. The highest BCUT2D eigenvalue weighted by Crippen LogP contribution is 2.34. The number of ether oxygens (including phenoxy) is 2. The molecule has 0 atom stereocenters. The second kappa shape index (κ2) is 12.4. The standard InChI is InChI=1S/C29H25Cl2N9O3/c1-38-26-19(14-21(28(38)41)25-22(30)3-2-4-23(25)31)16-34-29(36-26)35-20-13-18(15-32)27(33-17-20)43-24-5-6-40(37-24)8-7-39-9-11-42-12-10-39/h2-6,13-14,16-17H,7-12H2,1H3,(H,34,35,36). The number of anilines is 2.